The lowest BCUT2D eigenvalue weighted by atomic mass is 9.96. The molecule has 0 fully saturated rings. The first-order valence-electron chi connectivity index (χ1n) is 10.5. The highest BCUT2D eigenvalue weighted by Crippen LogP contribution is 2.37. The minimum absolute atomic E-state index is 0.0238. The number of nitrogens with two attached hydrogens (primary N) is 1. The molecule has 0 radical (unpaired) electrons. The number of halogens is 4. The van der Waals surface area contributed by atoms with Crippen LogP contribution in [-0.2, 0) is 11.0 Å². The molecule has 2 N–H and O–H groups in total. The molecule has 0 aliphatic carbocycles. The summed E-state index contributed by atoms with van der Waals surface area (Å²) in [6.45, 7) is 4.93. The van der Waals surface area contributed by atoms with Crippen molar-refractivity contribution in [3.63, 3.8) is 0 Å². The zero-order chi connectivity index (χ0) is 24.8. The molecule has 0 amide bonds. The Bertz CT molecular complexity index is 1450. The fourth-order valence-corrected chi connectivity index (χ4v) is 4.96. The van der Waals surface area contributed by atoms with E-state index in [1.54, 1.807) is 38.5 Å². The largest absolute Gasteiger partial charge is 0.398 e. The minimum Gasteiger partial charge on any atom is -0.398 e. The predicted molar refractivity (Wildman–Crippen MR) is 132 cm³/mol. The molecular weight excluding hydrogens is 482 g/mol. The Hall–Kier alpha value is -2.89. The first kappa shape index (κ1) is 24.2. The Morgan fingerprint density at radius 1 is 1.09 bits per heavy atom. The summed E-state index contributed by atoms with van der Waals surface area (Å²) >= 11 is 6.44. The SMILES string of the molecule is Cc1nc2cc(F)c(-c3ccc(P(C)(C)=O)nc3)cc2c(N)c1C[C@H](Cl)c1cccc(F)c1F. The van der Waals surface area contributed by atoms with Crippen LogP contribution in [-0.4, -0.2) is 23.3 Å². The summed E-state index contributed by atoms with van der Waals surface area (Å²) in [6, 6.07) is 9.99. The highest BCUT2D eigenvalue weighted by molar-refractivity contribution is 7.69. The van der Waals surface area contributed by atoms with Gasteiger partial charge in [-0.3, -0.25) is 9.97 Å². The smallest absolute Gasteiger partial charge is 0.163 e. The van der Waals surface area contributed by atoms with Gasteiger partial charge in [0.05, 0.1) is 16.3 Å². The number of aryl methyl sites for hydroxylation is 1. The number of aromatic nitrogens is 2. The van der Waals surface area contributed by atoms with Gasteiger partial charge in [-0.05, 0) is 50.4 Å². The number of fused-ring (bicyclic) bond motifs is 1. The van der Waals surface area contributed by atoms with E-state index in [1.165, 1.54) is 24.4 Å². The summed E-state index contributed by atoms with van der Waals surface area (Å²) in [5, 5.41) is -0.382. The number of hydrogen-bond acceptors (Lipinski definition) is 4. The number of rotatable bonds is 5. The second kappa shape index (κ2) is 9.05. The molecule has 4 aromatic rings. The Morgan fingerprint density at radius 3 is 2.47 bits per heavy atom. The van der Waals surface area contributed by atoms with Gasteiger partial charge in [0.25, 0.3) is 0 Å². The van der Waals surface area contributed by atoms with Crippen LogP contribution >= 0.6 is 18.7 Å². The fraction of sp³-hybridized carbons (Fsp3) is 0.200. The maximum Gasteiger partial charge on any atom is 0.163 e. The predicted octanol–water partition coefficient (Wildman–Crippen LogP) is 6.38. The molecule has 0 aliphatic heterocycles. The van der Waals surface area contributed by atoms with Crippen LogP contribution in [0.1, 0.15) is 22.2 Å². The zero-order valence-electron chi connectivity index (χ0n) is 18.7. The van der Waals surface area contributed by atoms with Gasteiger partial charge in [0, 0.05) is 45.7 Å². The topological polar surface area (TPSA) is 68.9 Å². The Kier molecular flexibility index (Phi) is 6.45. The molecule has 0 spiro atoms. The molecular formula is C25H22ClF3N3OP. The first-order chi connectivity index (χ1) is 16.0. The Balaban J connectivity index is 1.78. The van der Waals surface area contributed by atoms with Gasteiger partial charge in [0.1, 0.15) is 13.0 Å². The van der Waals surface area contributed by atoms with E-state index >= 15 is 0 Å². The summed E-state index contributed by atoms with van der Waals surface area (Å²) in [5.41, 5.74) is 9.47. The fourth-order valence-electron chi connectivity index (χ4n) is 3.87. The molecule has 1 atom stereocenters. The standard InChI is InChI=1S/C25H22ClF3N3OP/c1-13-16(10-19(26)15-5-4-6-20(27)24(15)29)25(30)18-9-17(21(28)11-22(18)32-13)14-7-8-23(31-12-14)34(2,3)33/h4-9,11-12,19H,10H2,1-3H3,(H2,30,32)/t19-/m0/s1. The molecule has 0 aliphatic rings. The summed E-state index contributed by atoms with van der Waals surface area (Å²) in [7, 11) is -2.54. The van der Waals surface area contributed by atoms with Crippen molar-refractivity contribution in [1.82, 2.24) is 9.97 Å². The molecule has 2 heterocycles. The minimum atomic E-state index is -2.54. The number of hydrogen-bond donors (Lipinski definition) is 1. The van der Waals surface area contributed by atoms with Crippen molar-refractivity contribution in [3.8, 4) is 11.1 Å². The average Bonchev–Trinajstić information content (AvgIpc) is 2.77. The van der Waals surface area contributed by atoms with Crippen LogP contribution in [0.15, 0.2) is 48.7 Å². The number of alkyl halides is 1. The molecule has 9 heteroatoms. The quantitative estimate of drug-likeness (QED) is 0.253. The van der Waals surface area contributed by atoms with Crippen molar-refractivity contribution in [2.45, 2.75) is 18.7 Å². The number of nitrogens with zero attached hydrogens (tertiary/aromatic N) is 2. The van der Waals surface area contributed by atoms with Crippen LogP contribution in [0, 0.1) is 24.4 Å². The van der Waals surface area contributed by atoms with Gasteiger partial charge in [-0.25, -0.2) is 13.2 Å². The second-order valence-electron chi connectivity index (χ2n) is 8.51. The molecule has 0 saturated carbocycles. The van der Waals surface area contributed by atoms with Crippen molar-refractivity contribution in [2.24, 2.45) is 0 Å². The molecule has 2 aromatic heterocycles. The molecule has 4 nitrogen and oxygen atoms in total. The Labute approximate surface area is 200 Å². The molecule has 0 unspecified atom stereocenters. The van der Waals surface area contributed by atoms with E-state index in [9.17, 15) is 17.7 Å². The van der Waals surface area contributed by atoms with Crippen molar-refractivity contribution < 1.29 is 17.7 Å². The van der Waals surface area contributed by atoms with Crippen LogP contribution in [0.4, 0.5) is 18.9 Å². The normalized spacial score (nSPS) is 12.8. The third-order valence-corrected chi connectivity index (χ3v) is 7.50. The van der Waals surface area contributed by atoms with Crippen LogP contribution in [0.3, 0.4) is 0 Å². The number of anilines is 1. The van der Waals surface area contributed by atoms with E-state index in [2.05, 4.69) is 9.97 Å². The number of pyridine rings is 2. The summed E-state index contributed by atoms with van der Waals surface area (Å²) in [6.07, 6.45) is 1.58. The molecule has 2 aromatic carbocycles. The Morgan fingerprint density at radius 2 is 1.82 bits per heavy atom. The van der Waals surface area contributed by atoms with Gasteiger partial charge < -0.3 is 10.3 Å². The van der Waals surface area contributed by atoms with E-state index in [4.69, 9.17) is 17.3 Å². The van der Waals surface area contributed by atoms with Gasteiger partial charge in [0.2, 0.25) is 0 Å². The molecule has 176 valence electrons. The summed E-state index contributed by atoms with van der Waals surface area (Å²) in [5.74, 6) is -2.49. The van der Waals surface area contributed by atoms with Gasteiger partial charge in [-0.15, -0.1) is 11.6 Å². The molecule has 0 bridgehead atoms. The maximum absolute atomic E-state index is 15.0. The van der Waals surface area contributed by atoms with Gasteiger partial charge >= 0.3 is 0 Å². The lowest BCUT2D eigenvalue weighted by molar-refractivity contribution is 0.497. The zero-order valence-corrected chi connectivity index (χ0v) is 20.4. The second-order valence-corrected chi connectivity index (χ2v) is 12.2. The van der Waals surface area contributed by atoms with Crippen molar-refractivity contribution in [1.29, 1.82) is 0 Å². The highest BCUT2D eigenvalue weighted by Gasteiger charge is 2.21. The highest BCUT2D eigenvalue weighted by atomic mass is 35.5. The van der Waals surface area contributed by atoms with E-state index in [0.29, 0.717) is 38.8 Å². The van der Waals surface area contributed by atoms with Gasteiger partial charge in [-0.2, -0.15) is 0 Å². The monoisotopic (exact) mass is 503 g/mol. The molecule has 34 heavy (non-hydrogen) atoms. The van der Waals surface area contributed by atoms with Crippen LogP contribution in [0.5, 0.6) is 0 Å². The third-order valence-electron chi connectivity index (χ3n) is 5.74. The van der Waals surface area contributed by atoms with E-state index in [-0.39, 0.29) is 17.5 Å². The van der Waals surface area contributed by atoms with Crippen LogP contribution < -0.4 is 11.2 Å². The number of benzene rings is 2. The third kappa shape index (κ3) is 4.55. The van der Waals surface area contributed by atoms with Crippen molar-refractivity contribution >= 4 is 40.8 Å². The van der Waals surface area contributed by atoms with E-state index in [0.717, 1.165) is 6.07 Å². The van der Waals surface area contributed by atoms with Crippen molar-refractivity contribution in [2.75, 3.05) is 19.1 Å². The van der Waals surface area contributed by atoms with E-state index in [1.807, 2.05) is 0 Å². The summed E-state index contributed by atoms with van der Waals surface area (Å²) in [4.78, 5) is 8.70. The van der Waals surface area contributed by atoms with Crippen LogP contribution in [0.2, 0.25) is 0 Å². The lowest BCUT2D eigenvalue weighted by Gasteiger charge is -2.17. The van der Waals surface area contributed by atoms with Crippen molar-refractivity contribution in [3.05, 3.63) is 82.9 Å². The van der Waals surface area contributed by atoms with Gasteiger partial charge in [-0.1, -0.05) is 18.2 Å². The first-order valence-corrected chi connectivity index (χ1v) is 13.5. The lowest BCUT2D eigenvalue weighted by Crippen LogP contribution is -2.08. The number of nitrogen functional groups attached to an aromatic ring is 1. The summed E-state index contributed by atoms with van der Waals surface area (Å²) < 4.78 is 55.1. The maximum atomic E-state index is 15.0. The molecule has 0 saturated heterocycles. The van der Waals surface area contributed by atoms with Gasteiger partial charge in [0.15, 0.2) is 11.6 Å². The average molecular weight is 504 g/mol. The molecule has 4 rings (SSSR count). The van der Waals surface area contributed by atoms with E-state index < -0.39 is 30.0 Å². The van der Waals surface area contributed by atoms with Crippen LogP contribution in [0.25, 0.3) is 22.0 Å².